The molecule has 4 aromatic carbocycles. The smallest absolute Gasteiger partial charge is 0.416 e. The molecule has 0 spiro atoms. The summed E-state index contributed by atoms with van der Waals surface area (Å²) in [6.07, 6.45) is -4.72. The second-order valence-electron chi connectivity index (χ2n) is 8.36. The van der Waals surface area contributed by atoms with Gasteiger partial charge in [-0.1, -0.05) is 47.5 Å². The fourth-order valence-electron chi connectivity index (χ4n) is 3.77. The van der Waals surface area contributed by atoms with Gasteiger partial charge in [0, 0.05) is 22.0 Å². The molecule has 0 unspecified atom stereocenters. The number of ether oxygens (including phenoxy) is 3. The Hall–Kier alpha value is -3.39. The van der Waals surface area contributed by atoms with E-state index in [1.165, 1.54) is 30.3 Å². The third-order valence-corrected chi connectivity index (χ3v) is 5.99. The van der Waals surface area contributed by atoms with Crippen LogP contribution in [0.2, 0.25) is 10.0 Å². The van der Waals surface area contributed by atoms with Crippen molar-refractivity contribution in [3.63, 3.8) is 0 Å². The molecular formula is C29H23Cl2F3O4. The van der Waals surface area contributed by atoms with Crippen LogP contribution in [0.25, 0.3) is 0 Å². The Bertz CT molecular complexity index is 1380. The van der Waals surface area contributed by atoms with Crippen LogP contribution in [0.4, 0.5) is 13.2 Å². The van der Waals surface area contributed by atoms with Gasteiger partial charge in [-0.2, -0.15) is 13.2 Å². The lowest BCUT2D eigenvalue weighted by molar-refractivity contribution is -0.138. The average molecular weight is 563 g/mol. The van der Waals surface area contributed by atoms with Crippen molar-refractivity contribution in [1.82, 2.24) is 0 Å². The molecular weight excluding hydrogens is 540 g/mol. The van der Waals surface area contributed by atoms with Crippen LogP contribution in [0.5, 0.6) is 23.0 Å². The molecule has 0 aliphatic rings. The van der Waals surface area contributed by atoms with E-state index in [2.05, 4.69) is 0 Å². The van der Waals surface area contributed by atoms with Crippen LogP contribution < -0.4 is 9.47 Å². The number of hydrogen-bond donors (Lipinski definition) is 1. The number of halogens is 5. The van der Waals surface area contributed by atoms with Gasteiger partial charge < -0.3 is 19.3 Å². The predicted octanol–water partition coefficient (Wildman–Crippen LogP) is 8.85. The molecule has 198 valence electrons. The van der Waals surface area contributed by atoms with E-state index in [0.717, 1.165) is 11.6 Å². The maximum absolute atomic E-state index is 14.1. The molecule has 1 N–H and O–H groups in total. The van der Waals surface area contributed by atoms with Gasteiger partial charge in [0.1, 0.15) is 18.1 Å². The minimum atomic E-state index is -4.63. The van der Waals surface area contributed by atoms with E-state index in [1.54, 1.807) is 42.5 Å². The molecule has 0 amide bonds. The predicted molar refractivity (Wildman–Crippen MR) is 140 cm³/mol. The Morgan fingerprint density at radius 1 is 0.763 bits per heavy atom. The summed E-state index contributed by atoms with van der Waals surface area (Å²) in [5, 5.41) is 10.6. The standard InChI is InChI=1S/C29H23Cl2F3O4/c30-21-5-1-3-19(15-21)17-36-14-13-25-26(29(32,33)34)11-12-27(38-24-9-7-23(35)8-10-24)28(25)37-18-20-4-2-6-22(31)16-20/h1-12,15-16,35H,13-14,17-18H2. The molecule has 4 nitrogen and oxygen atoms in total. The molecule has 4 rings (SSSR count). The molecule has 0 saturated heterocycles. The zero-order valence-electron chi connectivity index (χ0n) is 20.0. The van der Waals surface area contributed by atoms with E-state index in [4.69, 9.17) is 37.4 Å². The molecule has 4 aromatic rings. The van der Waals surface area contributed by atoms with Gasteiger partial charge in [0.15, 0.2) is 11.5 Å². The van der Waals surface area contributed by atoms with Crippen LogP contribution in [-0.4, -0.2) is 11.7 Å². The number of phenols is 1. The van der Waals surface area contributed by atoms with Gasteiger partial charge >= 0.3 is 6.18 Å². The largest absolute Gasteiger partial charge is 0.508 e. The molecule has 0 fully saturated rings. The van der Waals surface area contributed by atoms with E-state index in [0.29, 0.717) is 21.4 Å². The van der Waals surface area contributed by atoms with Crippen molar-refractivity contribution in [3.8, 4) is 23.0 Å². The highest BCUT2D eigenvalue weighted by molar-refractivity contribution is 6.30. The van der Waals surface area contributed by atoms with Gasteiger partial charge in [0.05, 0.1) is 18.8 Å². The van der Waals surface area contributed by atoms with Crippen LogP contribution >= 0.6 is 23.2 Å². The Labute approximate surface area is 228 Å². The first kappa shape index (κ1) is 27.6. The van der Waals surface area contributed by atoms with Crippen molar-refractivity contribution in [3.05, 3.63) is 117 Å². The summed E-state index contributed by atoms with van der Waals surface area (Å²) in [5.74, 6) is 0.382. The van der Waals surface area contributed by atoms with Gasteiger partial charge in [0.2, 0.25) is 0 Å². The molecule has 0 saturated carbocycles. The maximum Gasteiger partial charge on any atom is 0.416 e. The Morgan fingerprint density at radius 2 is 1.39 bits per heavy atom. The first-order valence-corrected chi connectivity index (χ1v) is 12.3. The van der Waals surface area contributed by atoms with Crippen molar-refractivity contribution < 1.29 is 32.5 Å². The van der Waals surface area contributed by atoms with E-state index in [1.807, 2.05) is 6.07 Å². The zero-order chi connectivity index (χ0) is 27.1. The number of aromatic hydroxyl groups is 1. The first-order chi connectivity index (χ1) is 18.2. The molecule has 0 aliphatic heterocycles. The van der Waals surface area contributed by atoms with Crippen LogP contribution in [0.3, 0.4) is 0 Å². The Kier molecular flexibility index (Phi) is 9.05. The van der Waals surface area contributed by atoms with Crippen molar-refractivity contribution in [2.45, 2.75) is 25.8 Å². The molecule has 0 atom stereocenters. The first-order valence-electron chi connectivity index (χ1n) is 11.6. The van der Waals surface area contributed by atoms with Crippen LogP contribution in [0, 0.1) is 0 Å². The summed E-state index contributed by atoms with van der Waals surface area (Å²) >= 11 is 12.1. The molecule has 0 aliphatic carbocycles. The third-order valence-electron chi connectivity index (χ3n) is 5.52. The lowest BCUT2D eigenvalue weighted by Gasteiger charge is -2.21. The van der Waals surface area contributed by atoms with E-state index in [9.17, 15) is 18.3 Å². The lowest BCUT2D eigenvalue weighted by Crippen LogP contribution is -2.14. The summed E-state index contributed by atoms with van der Waals surface area (Å²) < 4.78 is 59.7. The van der Waals surface area contributed by atoms with Crippen molar-refractivity contribution in [2.75, 3.05) is 6.61 Å². The summed E-state index contributed by atoms with van der Waals surface area (Å²) in [7, 11) is 0. The third kappa shape index (κ3) is 7.57. The van der Waals surface area contributed by atoms with E-state index >= 15 is 0 Å². The van der Waals surface area contributed by atoms with Crippen LogP contribution in [-0.2, 0) is 30.5 Å². The maximum atomic E-state index is 14.1. The fraction of sp³-hybridized carbons (Fsp3) is 0.172. The van der Waals surface area contributed by atoms with Gasteiger partial charge in [0.25, 0.3) is 0 Å². The fourth-order valence-corrected chi connectivity index (χ4v) is 4.20. The Balaban J connectivity index is 1.65. The summed E-state index contributed by atoms with van der Waals surface area (Å²) in [5.41, 5.74) is 0.536. The second kappa shape index (κ2) is 12.4. The summed E-state index contributed by atoms with van der Waals surface area (Å²) in [6, 6.07) is 21.9. The number of phenolic OH excluding ortho intramolecular Hbond substituents is 1. The van der Waals surface area contributed by atoms with E-state index in [-0.39, 0.29) is 49.1 Å². The van der Waals surface area contributed by atoms with Gasteiger partial charge in [-0.3, -0.25) is 0 Å². The minimum absolute atomic E-state index is 0.00815. The highest BCUT2D eigenvalue weighted by Crippen LogP contribution is 2.43. The second-order valence-corrected chi connectivity index (χ2v) is 9.24. The number of benzene rings is 4. The molecule has 0 heterocycles. The Morgan fingerprint density at radius 3 is 2.00 bits per heavy atom. The average Bonchev–Trinajstić information content (AvgIpc) is 2.87. The quantitative estimate of drug-likeness (QED) is 0.196. The minimum Gasteiger partial charge on any atom is -0.508 e. The summed E-state index contributed by atoms with van der Waals surface area (Å²) in [6.45, 7) is 0.139. The highest BCUT2D eigenvalue weighted by atomic mass is 35.5. The van der Waals surface area contributed by atoms with Gasteiger partial charge in [-0.25, -0.2) is 0 Å². The molecule has 0 radical (unpaired) electrons. The number of alkyl halides is 3. The lowest BCUT2D eigenvalue weighted by atomic mass is 10.0. The molecule has 0 aromatic heterocycles. The number of hydrogen-bond acceptors (Lipinski definition) is 4. The molecule has 38 heavy (non-hydrogen) atoms. The van der Waals surface area contributed by atoms with Crippen molar-refractivity contribution in [2.24, 2.45) is 0 Å². The molecule has 9 heteroatoms. The molecule has 0 bridgehead atoms. The number of rotatable bonds is 10. The highest BCUT2D eigenvalue weighted by Gasteiger charge is 2.36. The van der Waals surface area contributed by atoms with Gasteiger partial charge in [-0.15, -0.1) is 0 Å². The summed E-state index contributed by atoms with van der Waals surface area (Å²) in [4.78, 5) is 0. The van der Waals surface area contributed by atoms with Crippen LogP contribution in [0.15, 0.2) is 84.9 Å². The zero-order valence-corrected chi connectivity index (χ0v) is 21.5. The normalized spacial score (nSPS) is 11.4. The van der Waals surface area contributed by atoms with Crippen LogP contribution in [0.1, 0.15) is 22.3 Å². The topological polar surface area (TPSA) is 47.9 Å². The van der Waals surface area contributed by atoms with Crippen molar-refractivity contribution in [1.29, 1.82) is 0 Å². The van der Waals surface area contributed by atoms with Gasteiger partial charge in [-0.05, 0) is 71.8 Å². The monoisotopic (exact) mass is 562 g/mol. The van der Waals surface area contributed by atoms with Crippen molar-refractivity contribution >= 4 is 23.2 Å². The SMILES string of the molecule is Oc1ccc(Oc2ccc(C(F)(F)F)c(CCOCc3cccc(Cl)c3)c2OCc2cccc(Cl)c2)cc1. The van der Waals surface area contributed by atoms with E-state index < -0.39 is 11.7 Å².